The second-order valence-corrected chi connectivity index (χ2v) is 3.55. The molecule has 84 valence electrons. The fourth-order valence-corrected chi connectivity index (χ4v) is 1.35. The van der Waals surface area contributed by atoms with Gasteiger partial charge in [0.05, 0.1) is 0 Å². The molecule has 0 aliphatic heterocycles. The van der Waals surface area contributed by atoms with E-state index >= 15 is 0 Å². The molecule has 2 rings (SSSR count). The maximum Gasteiger partial charge on any atom is 0.248 e. The third-order valence-electron chi connectivity index (χ3n) is 2.24. The number of aliphatic hydroxyl groups is 1. The van der Waals surface area contributed by atoms with Crippen LogP contribution in [0.5, 0.6) is 0 Å². The number of rotatable bonds is 3. The molecule has 0 aliphatic rings. The number of amides is 1. The van der Waals surface area contributed by atoms with Crippen molar-refractivity contribution in [2.24, 2.45) is 0 Å². The van der Waals surface area contributed by atoms with E-state index in [1.165, 1.54) is 13.3 Å². The molecular formula is C11H12N2O3. The standard InChI is InChI=1S/C11H12N2O3/c1-7(14)11(15)12-5-8-2-3-9-10(4-8)16-6-13-9/h2-4,6-7,14H,5H2,1H3,(H,12,15). The van der Waals surface area contributed by atoms with Crippen LogP contribution in [0.25, 0.3) is 11.1 Å². The molecule has 2 N–H and O–H groups in total. The zero-order valence-electron chi connectivity index (χ0n) is 8.80. The number of aliphatic hydroxyl groups excluding tert-OH is 1. The molecule has 0 spiro atoms. The van der Waals surface area contributed by atoms with Gasteiger partial charge in [0.15, 0.2) is 12.0 Å². The first kappa shape index (κ1) is 10.6. The normalized spacial score (nSPS) is 12.6. The molecule has 0 fully saturated rings. The van der Waals surface area contributed by atoms with Crippen LogP contribution < -0.4 is 5.32 Å². The van der Waals surface area contributed by atoms with Gasteiger partial charge in [0.25, 0.3) is 0 Å². The van der Waals surface area contributed by atoms with E-state index in [1.54, 1.807) is 0 Å². The van der Waals surface area contributed by atoms with E-state index in [1.807, 2.05) is 18.2 Å². The summed E-state index contributed by atoms with van der Waals surface area (Å²) in [5.74, 6) is -0.391. The number of carbonyl (C=O) groups excluding carboxylic acids is 1. The van der Waals surface area contributed by atoms with Gasteiger partial charge in [0.1, 0.15) is 11.6 Å². The lowest BCUT2D eigenvalue weighted by Gasteiger charge is -2.06. The summed E-state index contributed by atoms with van der Waals surface area (Å²) in [6.07, 6.45) is 0.386. The van der Waals surface area contributed by atoms with Crippen molar-refractivity contribution in [3.8, 4) is 0 Å². The average molecular weight is 220 g/mol. The van der Waals surface area contributed by atoms with Gasteiger partial charge in [-0.05, 0) is 24.6 Å². The van der Waals surface area contributed by atoms with Crippen molar-refractivity contribution in [1.29, 1.82) is 0 Å². The number of oxazole rings is 1. The lowest BCUT2D eigenvalue weighted by molar-refractivity contribution is -0.128. The molecule has 0 aliphatic carbocycles. The molecule has 1 aromatic carbocycles. The van der Waals surface area contributed by atoms with Gasteiger partial charge in [0.2, 0.25) is 5.91 Å². The van der Waals surface area contributed by atoms with E-state index in [-0.39, 0.29) is 0 Å². The number of carbonyl (C=O) groups is 1. The Bertz CT molecular complexity index is 505. The molecule has 1 heterocycles. The van der Waals surface area contributed by atoms with Crippen molar-refractivity contribution in [2.45, 2.75) is 19.6 Å². The Morgan fingerprint density at radius 1 is 1.62 bits per heavy atom. The third-order valence-corrected chi connectivity index (χ3v) is 2.24. The minimum atomic E-state index is -0.992. The number of hydrogen-bond acceptors (Lipinski definition) is 4. The van der Waals surface area contributed by atoms with Crippen LogP contribution in [0.15, 0.2) is 29.0 Å². The summed E-state index contributed by atoms with van der Waals surface area (Å²) in [5.41, 5.74) is 2.37. The molecule has 0 saturated heterocycles. The molecule has 1 atom stereocenters. The minimum Gasteiger partial charge on any atom is -0.443 e. The molecule has 2 aromatic rings. The number of fused-ring (bicyclic) bond motifs is 1. The summed E-state index contributed by atoms with van der Waals surface area (Å²) in [6, 6.07) is 5.49. The predicted octanol–water partition coefficient (Wildman–Crippen LogP) is 0.825. The molecule has 5 heteroatoms. The number of benzene rings is 1. The lowest BCUT2D eigenvalue weighted by Crippen LogP contribution is -2.31. The third kappa shape index (κ3) is 2.20. The van der Waals surface area contributed by atoms with E-state index in [9.17, 15) is 4.79 Å². The van der Waals surface area contributed by atoms with E-state index in [0.29, 0.717) is 12.1 Å². The molecule has 0 saturated carbocycles. The van der Waals surface area contributed by atoms with Crippen LogP contribution in [0.2, 0.25) is 0 Å². The van der Waals surface area contributed by atoms with Crippen LogP contribution in [0.1, 0.15) is 12.5 Å². The first-order chi connectivity index (χ1) is 7.66. The Morgan fingerprint density at radius 3 is 3.19 bits per heavy atom. The van der Waals surface area contributed by atoms with Gasteiger partial charge in [-0.25, -0.2) is 4.98 Å². The highest BCUT2D eigenvalue weighted by Crippen LogP contribution is 2.13. The molecule has 0 bridgehead atoms. The van der Waals surface area contributed by atoms with Crippen molar-refractivity contribution < 1.29 is 14.3 Å². The maximum absolute atomic E-state index is 11.1. The number of nitrogens with one attached hydrogen (secondary N) is 1. The summed E-state index contributed by atoms with van der Waals surface area (Å²) in [7, 11) is 0. The Morgan fingerprint density at radius 2 is 2.44 bits per heavy atom. The highest BCUT2D eigenvalue weighted by atomic mass is 16.3. The van der Waals surface area contributed by atoms with Crippen LogP contribution in [-0.4, -0.2) is 22.1 Å². The first-order valence-electron chi connectivity index (χ1n) is 4.95. The summed E-state index contributed by atoms with van der Waals surface area (Å²) in [4.78, 5) is 15.1. The minimum absolute atomic E-state index is 0.361. The molecular weight excluding hydrogens is 208 g/mol. The largest absolute Gasteiger partial charge is 0.443 e. The van der Waals surface area contributed by atoms with Crippen LogP contribution in [0.3, 0.4) is 0 Å². The topological polar surface area (TPSA) is 75.4 Å². The lowest BCUT2D eigenvalue weighted by atomic mass is 10.2. The number of hydrogen-bond donors (Lipinski definition) is 2. The Hall–Kier alpha value is -1.88. The molecule has 16 heavy (non-hydrogen) atoms. The van der Waals surface area contributed by atoms with E-state index in [2.05, 4.69) is 10.3 Å². The van der Waals surface area contributed by atoms with Gasteiger partial charge in [-0.15, -0.1) is 0 Å². The van der Waals surface area contributed by atoms with Gasteiger partial charge in [0, 0.05) is 6.54 Å². The molecule has 0 radical (unpaired) electrons. The SMILES string of the molecule is CC(O)C(=O)NCc1ccc2ncoc2c1. The Kier molecular flexibility index (Phi) is 2.87. The smallest absolute Gasteiger partial charge is 0.248 e. The van der Waals surface area contributed by atoms with Gasteiger partial charge in [-0.3, -0.25) is 4.79 Å². The average Bonchev–Trinajstić information content (AvgIpc) is 2.72. The van der Waals surface area contributed by atoms with Gasteiger partial charge < -0.3 is 14.8 Å². The summed E-state index contributed by atoms with van der Waals surface area (Å²) in [6.45, 7) is 1.79. The first-order valence-corrected chi connectivity index (χ1v) is 4.95. The van der Waals surface area contributed by atoms with Crippen molar-refractivity contribution in [1.82, 2.24) is 10.3 Å². The quantitative estimate of drug-likeness (QED) is 0.803. The monoisotopic (exact) mass is 220 g/mol. The zero-order chi connectivity index (χ0) is 11.5. The number of aromatic nitrogens is 1. The molecule has 1 aromatic heterocycles. The fraction of sp³-hybridized carbons (Fsp3) is 0.273. The van der Waals surface area contributed by atoms with E-state index in [4.69, 9.17) is 9.52 Å². The predicted molar refractivity (Wildman–Crippen MR) is 57.5 cm³/mol. The van der Waals surface area contributed by atoms with Crippen molar-refractivity contribution in [2.75, 3.05) is 0 Å². The van der Waals surface area contributed by atoms with E-state index in [0.717, 1.165) is 11.1 Å². The van der Waals surface area contributed by atoms with Crippen LogP contribution in [-0.2, 0) is 11.3 Å². The van der Waals surface area contributed by atoms with Crippen molar-refractivity contribution in [3.05, 3.63) is 30.2 Å². The summed E-state index contributed by atoms with van der Waals surface area (Å²) in [5, 5.41) is 11.6. The molecule has 1 amide bonds. The molecule has 5 nitrogen and oxygen atoms in total. The Labute approximate surface area is 92.1 Å². The van der Waals surface area contributed by atoms with Crippen LogP contribution in [0, 0.1) is 0 Å². The van der Waals surface area contributed by atoms with E-state index < -0.39 is 12.0 Å². The number of nitrogens with zero attached hydrogens (tertiary/aromatic N) is 1. The van der Waals surface area contributed by atoms with Crippen molar-refractivity contribution >= 4 is 17.0 Å². The zero-order valence-corrected chi connectivity index (χ0v) is 8.80. The van der Waals surface area contributed by atoms with Gasteiger partial charge in [-0.1, -0.05) is 6.07 Å². The second kappa shape index (κ2) is 4.32. The van der Waals surface area contributed by atoms with Gasteiger partial charge in [-0.2, -0.15) is 0 Å². The van der Waals surface area contributed by atoms with Crippen LogP contribution in [0.4, 0.5) is 0 Å². The Balaban J connectivity index is 2.06. The highest BCUT2D eigenvalue weighted by molar-refractivity contribution is 5.80. The van der Waals surface area contributed by atoms with Gasteiger partial charge >= 0.3 is 0 Å². The fourth-order valence-electron chi connectivity index (χ4n) is 1.35. The van der Waals surface area contributed by atoms with Crippen molar-refractivity contribution in [3.63, 3.8) is 0 Å². The highest BCUT2D eigenvalue weighted by Gasteiger charge is 2.08. The summed E-state index contributed by atoms with van der Waals surface area (Å²) >= 11 is 0. The van der Waals surface area contributed by atoms with Crippen LogP contribution >= 0.6 is 0 Å². The summed E-state index contributed by atoms with van der Waals surface area (Å²) < 4.78 is 5.14. The maximum atomic E-state index is 11.1. The molecule has 1 unspecified atom stereocenters. The second-order valence-electron chi connectivity index (χ2n) is 3.55.